The molecule has 6 nitrogen and oxygen atoms in total. The molecule has 2 aromatic rings. The summed E-state index contributed by atoms with van der Waals surface area (Å²) < 4.78 is 38.2. The summed E-state index contributed by atoms with van der Waals surface area (Å²) in [6, 6.07) is 10.0. The second-order valence-corrected chi connectivity index (χ2v) is 7.59. The van der Waals surface area contributed by atoms with Crippen molar-refractivity contribution in [3.63, 3.8) is 0 Å². The molecular weight excluding hydrogens is 332 g/mol. The summed E-state index contributed by atoms with van der Waals surface area (Å²) in [6.45, 7) is 5.04. The van der Waals surface area contributed by atoms with Gasteiger partial charge in [-0.2, -0.15) is 8.42 Å². The molecule has 24 heavy (non-hydrogen) atoms. The standard InChI is InChI=1S/C17H18O6S/c1-17(2,3)23-14-10-13(18)12(9-15(14)24(20,21)22)16(19)11-7-5-4-6-8-11/h4-10,18H,1-3H3,(H,20,21,22). The molecule has 2 rings (SSSR count). The van der Waals surface area contributed by atoms with Crippen LogP contribution in [0.5, 0.6) is 11.5 Å². The SMILES string of the molecule is CC(C)(C)Oc1cc(O)c(C(=O)c2ccccc2)cc1S(=O)(=O)O. The molecule has 2 aromatic carbocycles. The first-order chi connectivity index (χ1) is 11.0. The highest BCUT2D eigenvalue weighted by atomic mass is 32.2. The van der Waals surface area contributed by atoms with Gasteiger partial charge in [-0.1, -0.05) is 30.3 Å². The van der Waals surface area contributed by atoms with Gasteiger partial charge in [-0.15, -0.1) is 0 Å². The molecule has 0 bridgehead atoms. The number of rotatable bonds is 4. The summed E-state index contributed by atoms with van der Waals surface area (Å²) in [5.74, 6) is -1.23. The van der Waals surface area contributed by atoms with Crippen molar-refractivity contribution < 1.29 is 27.6 Å². The fourth-order valence-corrected chi connectivity index (χ4v) is 2.71. The maximum Gasteiger partial charge on any atom is 0.298 e. The van der Waals surface area contributed by atoms with Gasteiger partial charge in [-0.05, 0) is 26.8 Å². The molecule has 0 heterocycles. The van der Waals surface area contributed by atoms with Crippen LogP contribution in [0.1, 0.15) is 36.7 Å². The van der Waals surface area contributed by atoms with Crippen molar-refractivity contribution >= 4 is 15.9 Å². The number of ketones is 1. The van der Waals surface area contributed by atoms with Crippen molar-refractivity contribution in [3.8, 4) is 11.5 Å². The van der Waals surface area contributed by atoms with Gasteiger partial charge in [0.15, 0.2) is 5.78 Å². The monoisotopic (exact) mass is 350 g/mol. The van der Waals surface area contributed by atoms with Crippen LogP contribution in [-0.2, 0) is 10.1 Å². The van der Waals surface area contributed by atoms with Gasteiger partial charge in [0, 0.05) is 11.6 Å². The Morgan fingerprint density at radius 2 is 1.67 bits per heavy atom. The third-order valence-electron chi connectivity index (χ3n) is 3.04. The van der Waals surface area contributed by atoms with Crippen molar-refractivity contribution in [2.75, 3.05) is 0 Å². The van der Waals surface area contributed by atoms with Crippen LogP contribution < -0.4 is 4.74 Å². The van der Waals surface area contributed by atoms with Gasteiger partial charge >= 0.3 is 0 Å². The second-order valence-electron chi connectivity index (χ2n) is 6.20. The van der Waals surface area contributed by atoms with Gasteiger partial charge in [0.2, 0.25) is 0 Å². The summed E-state index contributed by atoms with van der Waals surface area (Å²) in [5, 5.41) is 10.1. The van der Waals surface area contributed by atoms with Gasteiger partial charge < -0.3 is 9.84 Å². The van der Waals surface area contributed by atoms with Crippen LogP contribution in [0.3, 0.4) is 0 Å². The van der Waals surface area contributed by atoms with Crippen LogP contribution in [0.2, 0.25) is 0 Å². The lowest BCUT2D eigenvalue weighted by Gasteiger charge is -2.23. The summed E-state index contributed by atoms with van der Waals surface area (Å²) in [7, 11) is -4.65. The van der Waals surface area contributed by atoms with E-state index in [-0.39, 0.29) is 16.9 Å². The van der Waals surface area contributed by atoms with Crippen LogP contribution >= 0.6 is 0 Å². The largest absolute Gasteiger partial charge is 0.507 e. The van der Waals surface area contributed by atoms with Crippen LogP contribution in [0.4, 0.5) is 0 Å². The van der Waals surface area contributed by atoms with E-state index in [2.05, 4.69) is 0 Å². The number of carbonyl (C=O) groups excluding carboxylic acids is 1. The molecule has 0 fully saturated rings. The van der Waals surface area contributed by atoms with Crippen LogP contribution in [0.15, 0.2) is 47.4 Å². The molecule has 2 N–H and O–H groups in total. The van der Waals surface area contributed by atoms with Crippen LogP contribution in [0, 0.1) is 0 Å². The van der Waals surface area contributed by atoms with Crippen molar-refractivity contribution in [2.24, 2.45) is 0 Å². The zero-order valence-electron chi connectivity index (χ0n) is 13.5. The van der Waals surface area contributed by atoms with Gasteiger partial charge in [-0.25, -0.2) is 0 Å². The number of hydrogen-bond donors (Lipinski definition) is 2. The number of hydrogen-bond acceptors (Lipinski definition) is 5. The second kappa shape index (κ2) is 6.26. The molecule has 0 aromatic heterocycles. The molecule has 0 aliphatic carbocycles. The van der Waals surface area contributed by atoms with E-state index in [0.717, 1.165) is 12.1 Å². The van der Waals surface area contributed by atoms with E-state index in [4.69, 9.17) is 4.74 Å². The quantitative estimate of drug-likeness (QED) is 0.649. The van der Waals surface area contributed by atoms with Gasteiger partial charge in [0.1, 0.15) is 22.0 Å². The minimum atomic E-state index is -4.65. The van der Waals surface area contributed by atoms with E-state index in [1.54, 1.807) is 39.0 Å². The van der Waals surface area contributed by atoms with E-state index in [1.165, 1.54) is 12.1 Å². The predicted molar refractivity (Wildman–Crippen MR) is 88.2 cm³/mol. The Balaban J connectivity index is 2.62. The third-order valence-corrected chi connectivity index (χ3v) is 3.91. The van der Waals surface area contributed by atoms with E-state index in [1.807, 2.05) is 0 Å². The fraction of sp³-hybridized carbons (Fsp3) is 0.235. The number of aromatic hydroxyl groups is 1. The summed E-state index contributed by atoms with van der Waals surface area (Å²) in [4.78, 5) is 11.9. The number of ether oxygens (including phenoxy) is 1. The topological polar surface area (TPSA) is 101 Å². The molecule has 0 atom stereocenters. The maximum absolute atomic E-state index is 12.5. The average molecular weight is 350 g/mol. The molecule has 0 aliphatic rings. The summed E-state index contributed by atoms with van der Waals surface area (Å²) >= 11 is 0. The fourth-order valence-electron chi connectivity index (χ4n) is 2.09. The zero-order valence-corrected chi connectivity index (χ0v) is 14.3. The first kappa shape index (κ1) is 18.0. The third kappa shape index (κ3) is 4.12. The molecule has 0 spiro atoms. The highest BCUT2D eigenvalue weighted by Crippen LogP contribution is 2.34. The lowest BCUT2D eigenvalue weighted by molar-refractivity contribution is 0.103. The molecule has 0 radical (unpaired) electrons. The van der Waals surface area contributed by atoms with E-state index >= 15 is 0 Å². The molecule has 0 amide bonds. The molecule has 128 valence electrons. The normalized spacial score (nSPS) is 12.0. The number of benzene rings is 2. The maximum atomic E-state index is 12.5. The first-order valence-electron chi connectivity index (χ1n) is 7.12. The number of phenolic OH excluding ortho intramolecular Hbond substituents is 1. The molecule has 0 saturated carbocycles. The summed E-state index contributed by atoms with van der Waals surface area (Å²) in [6.07, 6.45) is 0. The first-order valence-corrected chi connectivity index (χ1v) is 8.56. The van der Waals surface area contributed by atoms with E-state index in [9.17, 15) is 22.9 Å². The Hall–Kier alpha value is -2.38. The zero-order chi connectivity index (χ0) is 18.1. The Bertz CT molecular complexity index is 864. The van der Waals surface area contributed by atoms with Gasteiger partial charge in [0.25, 0.3) is 10.1 Å². The Morgan fingerprint density at radius 3 is 2.17 bits per heavy atom. The van der Waals surface area contributed by atoms with Gasteiger partial charge in [-0.3, -0.25) is 9.35 Å². The van der Waals surface area contributed by atoms with Crippen molar-refractivity contribution in [2.45, 2.75) is 31.3 Å². The Morgan fingerprint density at radius 1 is 1.08 bits per heavy atom. The lowest BCUT2D eigenvalue weighted by atomic mass is 10.0. The van der Waals surface area contributed by atoms with Crippen molar-refractivity contribution in [1.29, 1.82) is 0 Å². The molecule has 0 unspecified atom stereocenters. The number of carbonyl (C=O) groups is 1. The minimum Gasteiger partial charge on any atom is -0.507 e. The highest BCUT2D eigenvalue weighted by Gasteiger charge is 2.26. The average Bonchev–Trinajstić information content (AvgIpc) is 2.44. The Kier molecular flexibility index (Phi) is 4.68. The molecular formula is C17H18O6S. The van der Waals surface area contributed by atoms with E-state index in [0.29, 0.717) is 0 Å². The Labute approximate surface area is 140 Å². The highest BCUT2D eigenvalue weighted by molar-refractivity contribution is 7.86. The lowest BCUT2D eigenvalue weighted by Crippen LogP contribution is -2.24. The summed E-state index contributed by atoms with van der Waals surface area (Å²) in [5.41, 5.74) is -0.731. The smallest absolute Gasteiger partial charge is 0.298 e. The molecule has 0 aliphatic heterocycles. The van der Waals surface area contributed by atoms with E-state index < -0.39 is 32.1 Å². The van der Waals surface area contributed by atoms with Gasteiger partial charge in [0.05, 0.1) is 5.56 Å². The van der Waals surface area contributed by atoms with Crippen molar-refractivity contribution in [1.82, 2.24) is 0 Å². The van der Waals surface area contributed by atoms with Crippen LogP contribution in [-0.4, -0.2) is 29.5 Å². The number of phenols is 1. The molecule has 7 heteroatoms. The minimum absolute atomic E-state index is 0.230. The molecule has 0 saturated heterocycles. The predicted octanol–water partition coefficient (Wildman–Crippen LogP) is 3.05. The van der Waals surface area contributed by atoms with Crippen molar-refractivity contribution in [3.05, 3.63) is 53.6 Å². The van der Waals surface area contributed by atoms with Crippen LogP contribution in [0.25, 0.3) is 0 Å².